The first kappa shape index (κ1) is 84.9. The lowest BCUT2D eigenvalue weighted by molar-refractivity contribution is -0.149. The predicted molar refractivity (Wildman–Crippen MR) is 386 cm³/mol. The first-order chi connectivity index (χ1) is 48.3. The van der Waals surface area contributed by atoms with Crippen molar-refractivity contribution in [1.82, 2.24) is 35.6 Å². The number of amides is 10. The maximum Gasteiger partial charge on any atom is 0.410 e. The highest BCUT2D eigenvalue weighted by Crippen LogP contribution is 2.52. The van der Waals surface area contributed by atoms with Gasteiger partial charge in [0, 0.05) is 102 Å². The normalized spacial score (nSPS) is 18.3. The van der Waals surface area contributed by atoms with Gasteiger partial charge in [0.05, 0.1) is 66.9 Å². The number of hydrogen-bond donors (Lipinski definition) is 6. The van der Waals surface area contributed by atoms with Gasteiger partial charge in [-0.25, -0.2) is 9.59 Å². The van der Waals surface area contributed by atoms with Crippen LogP contribution in [0, 0.1) is 46.8 Å². The predicted octanol–water partition coefficient (Wildman–Crippen LogP) is 8.21. The molecule has 566 valence electrons. The molecule has 1 saturated carbocycles. The Balaban J connectivity index is 1.14. The number of carboxylic acids is 1. The van der Waals surface area contributed by atoms with Gasteiger partial charge < -0.3 is 61.0 Å². The Labute approximate surface area is 605 Å². The number of primary amides is 1. The Kier molecular flexibility index (Phi) is 34.0. The van der Waals surface area contributed by atoms with Gasteiger partial charge in [-0.15, -0.1) is 11.8 Å². The molecule has 102 heavy (non-hydrogen) atoms. The average Bonchev–Trinajstić information content (AvgIpc) is 1.57. The van der Waals surface area contributed by atoms with Crippen molar-refractivity contribution in [2.24, 2.45) is 52.6 Å². The number of carbonyl (C=O) groups excluding carboxylic acids is 12. The number of ketones is 3. The number of rotatable bonds is 45. The summed E-state index contributed by atoms with van der Waals surface area (Å²) < 4.78 is 17.8. The first-order valence-corrected chi connectivity index (χ1v) is 37.2. The van der Waals surface area contributed by atoms with Crippen LogP contribution in [-0.4, -0.2) is 203 Å². The summed E-state index contributed by atoms with van der Waals surface area (Å²) in [5.41, 5.74) is 6.37. The number of Topliss-reactive ketones (excluding diaryl/α,β-unsaturated/α-hetero) is 3. The topological polar surface area (TPSA) is 357 Å². The Morgan fingerprint density at radius 2 is 1.45 bits per heavy atom. The molecule has 26 nitrogen and oxygen atoms in total. The lowest BCUT2D eigenvalue weighted by Gasteiger charge is -2.41. The Bertz CT molecular complexity index is 3200. The molecular weight excluding hydrogens is 1330 g/mol. The van der Waals surface area contributed by atoms with Gasteiger partial charge in [0.2, 0.25) is 41.4 Å². The van der Waals surface area contributed by atoms with Crippen molar-refractivity contribution in [1.29, 1.82) is 0 Å². The highest BCUT2D eigenvalue weighted by molar-refractivity contribution is 8.00. The average molecular weight is 1440 g/mol. The summed E-state index contributed by atoms with van der Waals surface area (Å²) in [5, 5.41) is 19.7. The van der Waals surface area contributed by atoms with E-state index >= 15 is 0 Å². The van der Waals surface area contributed by atoms with Crippen LogP contribution >= 0.6 is 11.8 Å². The molecule has 0 spiro atoms. The van der Waals surface area contributed by atoms with Crippen molar-refractivity contribution >= 4 is 94.2 Å². The van der Waals surface area contributed by atoms with E-state index in [0.717, 1.165) is 12.8 Å². The molecule has 1 aliphatic carbocycles. The van der Waals surface area contributed by atoms with E-state index in [0.29, 0.717) is 74.1 Å². The molecule has 1 unspecified atom stereocenters. The number of hydrogen-bond acceptors (Lipinski definition) is 17. The molecule has 27 heteroatoms. The van der Waals surface area contributed by atoms with E-state index in [1.54, 1.807) is 106 Å². The van der Waals surface area contributed by atoms with Gasteiger partial charge in [-0.1, -0.05) is 118 Å². The molecule has 2 heterocycles. The summed E-state index contributed by atoms with van der Waals surface area (Å²) in [6.45, 7) is 16.9. The Morgan fingerprint density at radius 1 is 0.775 bits per heavy atom. The van der Waals surface area contributed by atoms with Crippen LogP contribution in [0.5, 0.6) is 0 Å². The SMILES string of the molecule is CC[C@H](C)[C@@H]([C@@H](CC(=O)N1CCC[C@H]1[C@H](OC)[C@@H](C)C(=O)NCC(=O)c1ccccc1)OC)N(C)C(=O)[C@@H](CC(=O)[C@H](C(C)C)N(C)C(=O)OCc1ccc(NC(=O)[C@H](CCCNC(N)=O)CC(=O)[C@@H](NC(=O)CCCCCN2C(=O)CC(SCC3(CC(=O)O)CC3)C2=O)C(C)C)cc1)C(C)C. The van der Waals surface area contributed by atoms with E-state index in [1.165, 1.54) is 42.8 Å². The fourth-order valence-electron chi connectivity index (χ4n) is 13.9. The van der Waals surface area contributed by atoms with E-state index in [-0.39, 0.29) is 147 Å². The highest BCUT2D eigenvalue weighted by Gasteiger charge is 2.48. The fourth-order valence-corrected chi connectivity index (χ4v) is 15.4. The van der Waals surface area contributed by atoms with Gasteiger partial charge in [-0.3, -0.25) is 57.6 Å². The molecule has 7 N–H and O–H groups in total. The van der Waals surface area contributed by atoms with E-state index in [2.05, 4.69) is 21.3 Å². The van der Waals surface area contributed by atoms with Crippen LogP contribution in [0.15, 0.2) is 54.6 Å². The number of nitrogens with one attached hydrogen (secondary N) is 4. The lowest BCUT2D eigenvalue weighted by Crippen LogP contribution is -2.54. The number of nitrogens with zero attached hydrogens (tertiary/aromatic N) is 4. The number of unbranched alkanes of at least 4 members (excludes halogenated alkanes) is 2. The number of carbonyl (C=O) groups is 13. The zero-order valence-corrected chi connectivity index (χ0v) is 62.9. The van der Waals surface area contributed by atoms with Gasteiger partial charge in [0.1, 0.15) is 6.61 Å². The smallest absolute Gasteiger partial charge is 0.410 e. The molecule has 2 aromatic carbocycles. The van der Waals surface area contributed by atoms with Gasteiger partial charge in [-0.2, -0.15) is 0 Å². The molecule has 3 fully saturated rings. The molecule has 0 bridgehead atoms. The molecule has 0 radical (unpaired) electrons. The van der Waals surface area contributed by atoms with Crippen LogP contribution in [0.2, 0.25) is 0 Å². The lowest BCUT2D eigenvalue weighted by atomic mass is 9.83. The molecule has 3 aliphatic rings. The minimum Gasteiger partial charge on any atom is -0.481 e. The Morgan fingerprint density at radius 3 is 2.04 bits per heavy atom. The third-order valence-electron chi connectivity index (χ3n) is 20.3. The second kappa shape index (κ2) is 40.9. The van der Waals surface area contributed by atoms with Crippen molar-refractivity contribution in [3.8, 4) is 0 Å². The maximum absolute atomic E-state index is 14.9. The van der Waals surface area contributed by atoms with Gasteiger partial charge >= 0.3 is 18.1 Å². The van der Waals surface area contributed by atoms with Crippen LogP contribution < -0.4 is 27.0 Å². The minimum atomic E-state index is -0.983. The summed E-state index contributed by atoms with van der Waals surface area (Å²) in [6, 6.07) is 11.5. The zero-order valence-electron chi connectivity index (χ0n) is 62.1. The third-order valence-corrected chi connectivity index (χ3v) is 21.9. The number of imide groups is 1. The van der Waals surface area contributed by atoms with Crippen molar-refractivity contribution in [2.75, 3.05) is 65.6 Å². The number of nitrogens with two attached hydrogens (primary N) is 1. The minimum absolute atomic E-state index is 0.0471. The number of anilines is 1. The molecule has 2 aromatic rings. The van der Waals surface area contributed by atoms with Crippen LogP contribution in [0.3, 0.4) is 0 Å². The standard InChI is InChI=1S/C75H113N9O17S/c1-14-48(8)67(59(99-12)39-62(89)83-36-22-26-55(83)68(100-13)49(9)69(93)78-42-58(87)51-23-17-15-18-24-51)81(10)71(95)54(45(2)3)38-57(86)66(47(6)7)82(11)74(98)101-43-50-28-30-53(31-29-50)79-70(94)52(25-21-34-77-73(76)97)37-56(85)65(46(4)5)80-61(88)27-19-16-20-35-84-63(90)40-60(72(84)96)102-44-75(32-33-75)41-64(91)92/h15,17-18,23-24,28-31,45-49,52,54-55,59-60,65-68H,14,16,19-22,25-27,32-44H2,1-13H3,(H,78,93)(H,79,94)(H,80,88)(H,91,92)(H3,76,77,97)/t48-,49+,52+,54-,55-,59+,60?,65-,66-,67-,68+/m0/s1. The van der Waals surface area contributed by atoms with E-state index in [9.17, 15) is 67.4 Å². The van der Waals surface area contributed by atoms with Crippen molar-refractivity contribution in [3.05, 3.63) is 65.7 Å². The number of likely N-dealkylation sites (N-methyl/N-ethyl adjacent to an activating group) is 2. The first-order valence-electron chi connectivity index (χ1n) is 36.1. The number of carboxylic acid groups (broad SMARTS) is 1. The maximum atomic E-state index is 14.9. The largest absolute Gasteiger partial charge is 0.481 e. The van der Waals surface area contributed by atoms with Crippen molar-refractivity contribution < 1.29 is 81.6 Å². The van der Waals surface area contributed by atoms with E-state index in [4.69, 9.17) is 19.9 Å². The quantitative estimate of drug-likeness (QED) is 0.0206. The van der Waals surface area contributed by atoms with Crippen molar-refractivity contribution in [3.63, 3.8) is 0 Å². The van der Waals surface area contributed by atoms with Gasteiger partial charge in [0.15, 0.2) is 17.3 Å². The summed E-state index contributed by atoms with van der Waals surface area (Å²) in [6.07, 6.45) is 2.83. The number of ether oxygens (including phenoxy) is 3. The zero-order chi connectivity index (χ0) is 75.7. The monoisotopic (exact) mass is 1440 g/mol. The fraction of sp³-hybridized carbons (Fsp3) is 0.667. The second-order valence-electron chi connectivity index (χ2n) is 29.0. The summed E-state index contributed by atoms with van der Waals surface area (Å²) in [7, 11) is 6.14. The number of aliphatic carboxylic acids is 1. The molecular formula is C75H113N9O17S. The molecule has 5 rings (SSSR count). The molecule has 11 atom stereocenters. The molecule has 2 saturated heterocycles. The summed E-state index contributed by atoms with van der Waals surface area (Å²) >= 11 is 1.35. The highest BCUT2D eigenvalue weighted by atomic mass is 32.2. The second-order valence-corrected chi connectivity index (χ2v) is 30.2. The molecule has 2 aliphatic heterocycles. The number of urea groups is 1. The summed E-state index contributed by atoms with van der Waals surface area (Å²) in [5.74, 6) is -7.28. The van der Waals surface area contributed by atoms with Crippen LogP contribution in [0.4, 0.5) is 15.3 Å². The van der Waals surface area contributed by atoms with Crippen LogP contribution in [0.1, 0.15) is 181 Å². The number of methoxy groups -OCH3 is 2. The number of thioether (sulfide) groups is 1. The molecule has 10 amide bonds. The van der Waals surface area contributed by atoms with E-state index < -0.39 is 89.3 Å². The Hall–Kier alpha value is -7.78. The third kappa shape index (κ3) is 25.0. The summed E-state index contributed by atoms with van der Waals surface area (Å²) in [4.78, 5) is 180. The van der Waals surface area contributed by atoms with Crippen molar-refractivity contribution in [2.45, 2.75) is 213 Å². The van der Waals surface area contributed by atoms with Gasteiger partial charge in [0.25, 0.3) is 0 Å². The number of likely N-dealkylation sites (tertiary alicyclic amines) is 2. The van der Waals surface area contributed by atoms with Crippen LogP contribution in [-0.2, 0) is 68.8 Å². The molecule has 0 aromatic heterocycles. The van der Waals surface area contributed by atoms with Crippen LogP contribution in [0.25, 0.3) is 0 Å². The van der Waals surface area contributed by atoms with E-state index in [1.807, 2.05) is 27.7 Å². The van der Waals surface area contributed by atoms with Gasteiger partial charge in [-0.05, 0) is 98.1 Å². The number of benzene rings is 2.